The van der Waals surface area contributed by atoms with Crippen molar-refractivity contribution < 1.29 is 26.4 Å². The molecule has 2 spiro atoms. The number of carbonyl (C=O) groups is 2. The highest BCUT2D eigenvalue weighted by Crippen LogP contribution is 2.56. The van der Waals surface area contributed by atoms with Gasteiger partial charge in [0.2, 0.25) is 30.9 Å². The van der Waals surface area contributed by atoms with Crippen molar-refractivity contribution >= 4 is 86.1 Å². The number of aryl methyl sites for hydroxylation is 2. The number of pyridine rings is 4. The second kappa shape index (κ2) is 23.4. The molecule has 6 aromatic rings. The Kier molecular flexibility index (Phi) is 16.7. The molecule has 4 fully saturated rings. The van der Waals surface area contributed by atoms with Crippen molar-refractivity contribution in [2.45, 2.75) is 126 Å². The number of piperidine rings is 2. The van der Waals surface area contributed by atoms with Gasteiger partial charge in [-0.1, -0.05) is 37.8 Å². The van der Waals surface area contributed by atoms with Crippen molar-refractivity contribution in [3.63, 3.8) is 0 Å². The van der Waals surface area contributed by atoms with Gasteiger partial charge in [0.15, 0.2) is 0 Å². The van der Waals surface area contributed by atoms with Crippen molar-refractivity contribution in [3.05, 3.63) is 95.8 Å². The standard InChI is InChI=1S/C30H37N5O3S.C29H35N5O.CH3ClO2S/c1-34-27-20-32-24-11-10-21(17-23(24)28(27)30(29(34)36)12-8-13-30)22-18-26(33-39(2,37)38)25(31-19-22)9-4-7-16-35-14-5-3-6-15-35;1-33-26-19-32-24-10-9-20(16-22(24)27(26)29(28(33)35)11-7-12-29)21-17-23(30)25(31-18-21)8-3-6-15-34-13-4-2-5-14-34;1-5(2,3)4/h10-11,17-20,33H,3-9,12-16H2,1-2H3;9-10,16-19H,2-8,11-15,30H2,1H3;1H3. The van der Waals surface area contributed by atoms with Crippen LogP contribution in [0.1, 0.15) is 125 Å². The number of rotatable bonds is 14. The maximum atomic E-state index is 13.2. The number of carbonyl (C=O) groups excluding carboxylic acids is 2. The Morgan fingerprint density at radius 2 is 0.987 bits per heavy atom. The second-order valence-electron chi connectivity index (χ2n) is 22.9. The Balaban J connectivity index is 0.000000165. The van der Waals surface area contributed by atoms with E-state index >= 15 is 0 Å². The van der Waals surface area contributed by atoms with E-state index in [4.69, 9.17) is 15.7 Å². The Bertz CT molecular complexity index is 3500. The fourth-order valence-corrected chi connectivity index (χ4v) is 13.5. The maximum absolute atomic E-state index is 13.2. The molecule has 4 aromatic heterocycles. The van der Waals surface area contributed by atoms with E-state index in [9.17, 15) is 26.4 Å². The SMILES string of the molecule is CN1C(=O)C2(CCC2)c2c1cnc1ccc(-c3cnc(CCCCN4CCCCC4)c(N)c3)cc21.CN1C(=O)C2(CCC2)c2c1cnc1ccc(-c3cnc(CCCCN4CCCCC4)c(NS(C)(=O)=O)c3)cc21.CS(=O)(=O)Cl. The third kappa shape index (κ3) is 12.1. The number of aromatic nitrogens is 4. The summed E-state index contributed by atoms with van der Waals surface area (Å²) in [5.41, 5.74) is 18.5. The molecule has 2 amide bonds. The molecule has 420 valence electrons. The highest BCUT2D eigenvalue weighted by Gasteiger charge is 2.55. The van der Waals surface area contributed by atoms with Crippen LogP contribution in [0.25, 0.3) is 44.1 Å². The molecule has 2 aliphatic carbocycles. The molecule has 2 aromatic carbocycles. The third-order valence-corrected chi connectivity index (χ3v) is 17.9. The first-order valence-electron chi connectivity index (χ1n) is 28.3. The van der Waals surface area contributed by atoms with E-state index < -0.39 is 24.5 Å². The van der Waals surface area contributed by atoms with Crippen LogP contribution in [0.5, 0.6) is 0 Å². The lowest BCUT2D eigenvalue weighted by Crippen LogP contribution is -2.43. The lowest BCUT2D eigenvalue weighted by Gasteiger charge is -2.37. The number of likely N-dealkylation sites (tertiary alicyclic amines) is 2. The fraction of sp³-hybridized carbons (Fsp3) is 0.500. The number of halogens is 1. The number of nitrogens with zero attached hydrogens (tertiary/aromatic N) is 8. The van der Waals surface area contributed by atoms with Gasteiger partial charge in [-0.15, -0.1) is 0 Å². The van der Waals surface area contributed by atoms with Crippen LogP contribution in [-0.4, -0.2) is 124 Å². The van der Waals surface area contributed by atoms with Gasteiger partial charge in [0, 0.05) is 70.2 Å². The molecule has 79 heavy (non-hydrogen) atoms. The zero-order chi connectivity index (χ0) is 55.7. The van der Waals surface area contributed by atoms with Crippen molar-refractivity contribution in [1.82, 2.24) is 29.7 Å². The molecule has 16 nitrogen and oxygen atoms in total. The number of hydrogen-bond donors (Lipinski definition) is 2. The van der Waals surface area contributed by atoms with Crippen LogP contribution in [0.3, 0.4) is 0 Å². The maximum Gasteiger partial charge on any atom is 0.237 e. The molecule has 0 radical (unpaired) electrons. The number of benzene rings is 2. The summed E-state index contributed by atoms with van der Waals surface area (Å²) in [5.74, 6) is 0.378. The lowest BCUT2D eigenvalue weighted by atomic mass is 9.64. The topological polar surface area (TPSA) is 205 Å². The van der Waals surface area contributed by atoms with Crippen molar-refractivity contribution in [3.8, 4) is 22.3 Å². The van der Waals surface area contributed by atoms with E-state index in [1.54, 1.807) is 9.80 Å². The quantitative estimate of drug-likeness (QED) is 0.0771. The minimum Gasteiger partial charge on any atom is -0.397 e. The zero-order valence-corrected chi connectivity index (χ0v) is 48.6. The molecular weight excluding hydrogens is 1060 g/mol. The highest BCUT2D eigenvalue weighted by molar-refractivity contribution is 8.13. The molecule has 4 aliphatic heterocycles. The number of hydrogen-bond acceptors (Lipinski definition) is 13. The third-order valence-electron chi connectivity index (χ3n) is 17.3. The number of likely N-dealkylation sites (N-methyl/N-ethyl adjacent to an activating group) is 2. The Morgan fingerprint density at radius 3 is 1.41 bits per heavy atom. The van der Waals surface area contributed by atoms with E-state index in [2.05, 4.69) is 65.5 Å². The van der Waals surface area contributed by atoms with E-state index in [1.807, 2.05) is 57.1 Å². The van der Waals surface area contributed by atoms with Gasteiger partial charge in [-0.05, 0) is 177 Å². The molecule has 3 N–H and O–H groups in total. The van der Waals surface area contributed by atoms with Crippen LogP contribution in [-0.2, 0) is 52.3 Å². The van der Waals surface area contributed by atoms with Gasteiger partial charge in [-0.25, -0.2) is 16.8 Å². The molecule has 19 heteroatoms. The van der Waals surface area contributed by atoms with Crippen molar-refractivity contribution in [2.24, 2.45) is 0 Å². The van der Waals surface area contributed by atoms with E-state index in [1.165, 1.54) is 83.9 Å². The molecule has 2 saturated heterocycles. The molecule has 0 atom stereocenters. The monoisotopic (exact) mass is 1130 g/mol. The van der Waals surface area contributed by atoms with Crippen LogP contribution in [0.4, 0.5) is 22.7 Å². The van der Waals surface area contributed by atoms with Crippen LogP contribution in [0.2, 0.25) is 0 Å². The summed E-state index contributed by atoms with van der Waals surface area (Å²) in [5, 5.41) is 2.07. The molecule has 8 heterocycles. The highest BCUT2D eigenvalue weighted by atomic mass is 35.7. The number of anilines is 4. The molecular formula is C60H75ClN10O6S2. The molecule has 0 bridgehead atoms. The van der Waals surface area contributed by atoms with E-state index in [0.29, 0.717) is 5.69 Å². The zero-order valence-electron chi connectivity index (χ0n) is 46.2. The van der Waals surface area contributed by atoms with Crippen molar-refractivity contribution in [1.29, 1.82) is 0 Å². The molecule has 0 unspecified atom stereocenters. The van der Waals surface area contributed by atoms with Gasteiger partial charge in [0.05, 0.1) is 80.9 Å². The Morgan fingerprint density at radius 1 is 0.557 bits per heavy atom. The molecule has 2 saturated carbocycles. The van der Waals surface area contributed by atoms with Crippen LogP contribution in [0.15, 0.2) is 73.3 Å². The Labute approximate surface area is 470 Å². The average molecular weight is 1130 g/mol. The number of nitrogens with two attached hydrogens (primary N) is 1. The van der Waals surface area contributed by atoms with Gasteiger partial charge in [0.25, 0.3) is 0 Å². The van der Waals surface area contributed by atoms with E-state index in [0.717, 1.165) is 167 Å². The Hall–Kier alpha value is -5.79. The number of nitrogens with one attached hydrogen (secondary N) is 1. The average Bonchev–Trinajstić information content (AvgIpc) is 2.33. The second-order valence-corrected chi connectivity index (χ2v) is 27.6. The number of nitrogen functional groups attached to an aromatic ring is 1. The summed E-state index contributed by atoms with van der Waals surface area (Å²) in [7, 11) is 1.56. The lowest BCUT2D eigenvalue weighted by molar-refractivity contribution is -0.126. The summed E-state index contributed by atoms with van der Waals surface area (Å²) < 4.78 is 45.9. The van der Waals surface area contributed by atoms with Gasteiger partial charge in [0.1, 0.15) is 0 Å². The summed E-state index contributed by atoms with van der Waals surface area (Å²) in [6, 6.07) is 16.3. The summed E-state index contributed by atoms with van der Waals surface area (Å²) in [6.45, 7) is 7.15. The first kappa shape index (κ1) is 56.5. The number of fused-ring (bicyclic) bond motifs is 8. The van der Waals surface area contributed by atoms with Crippen molar-refractivity contribution in [2.75, 3.05) is 86.1 Å². The van der Waals surface area contributed by atoms with Gasteiger partial charge >= 0.3 is 0 Å². The van der Waals surface area contributed by atoms with E-state index in [-0.39, 0.29) is 17.2 Å². The van der Waals surface area contributed by atoms with Crippen LogP contribution >= 0.6 is 10.7 Å². The smallest absolute Gasteiger partial charge is 0.237 e. The minimum atomic E-state index is -3.46. The van der Waals surface area contributed by atoms with Gasteiger partial charge < -0.3 is 25.3 Å². The fourth-order valence-electron chi connectivity index (χ4n) is 12.9. The molecule has 12 rings (SSSR count). The number of sulfonamides is 1. The normalized spacial score (nSPS) is 18.6. The first-order valence-corrected chi connectivity index (χ1v) is 32.9. The minimum absolute atomic E-state index is 0.161. The van der Waals surface area contributed by atoms with Crippen LogP contribution < -0.4 is 20.3 Å². The number of unbranched alkanes of at least 4 members (excludes halogenated alkanes) is 2. The van der Waals surface area contributed by atoms with Gasteiger partial charge in [-0.2, -0.15) is 0 Å². The first-order chi connectivity index (χ1) is 37.8. The largest absolute Gasteiger partial charge is 0.397 e. The molecule has 6 aliphatic rings. The summed E-state index contributed by atoms with van der Waals surface area (Å²) in [6.07, 6.45) is 29.2. The summed E-state index contributed by atoms with van der Waals surface area (Å²) in [4.78, 5) is 53.8. The predicted octanol–water partition coefficient (Wildman–Crippen LogP) is 10.1. The number of amides is 2. The summed E-state index contributed by atoms with van der Waals surface area (Å²) >= 11 is 0. The van der Waals surface area contributed by atoms with Crippen LogP contribution in [0, 0.1) is 0 Å². The predicted molar refractivity (Wildman–Crippen MR) is 318 cm³/mol. The van der Waals surface area contributed by atoms with Gasteiger partial charge in [-0.3, -0.25) is 34.2 Å².